The van der Waals surface area contributed by atoms with Crippen molar-refractivity contribution in [1.29, 1.82) is 5.26 Å². The highest BCUT2D eigenvalue weighted by Gasteiger charge is 2.31. The Hall–Kier alpha value is -1.12. The fourth-order valence-corrected chi connectivity index (χ4v) is 1.84. The van der Waals surface area contributed by atoms with E-state index in [4.69, 9.17) is 11.0 Å². The van der Waals surface area contributed by atoms with Gasteiger partial charge < -0.3 is 11.1 Å². The number of carbonyl (C=O) groups excluding carboxylic acids is 1. The lowest BCUT2D eigenvalue weighted by molar-refractivity contribution is -0.123. The second-order valence-corrected chi connectivity index (χ2v) is 5.30. The van der Waals surface area contributed by atoms with Crippen molar-refractivity contribution in [1.82, 2.24) is 10.2 Å². The van der Waals surface area contributed by atoms with Crippen LogP contribution in [0.3, 0.4) is 0 Å². The zero-order valence-electron chi connectivity index (χ0n) is 10.9. The van der Waals surface area contributed by atoms with E-state index in [1.165, 1.54) is 0 Å². The maximum absolute atomic E-state index is 11.8. The van der Waals surface area contributed by atoms with Gasteiger partial charge in [0.2, 0.25) is 5.91 Å². The second-order valence-electron chi connectivity index (χ2n) is 5.30. The lowest BCUT2D eigenvalue weighted by Crippen LogP contribution is -2.51. The molecule has 0 aliphatic carbocycles. The number of nitrogens with two attached hydrogens (primary N) is 1. The summed E-state index contributed by atoms with van der Waals surface area (Å²) in [5, 5.41) is 11.9. The minimum absolute atomic E-state index is 0.0808. The molecule has 0 bridgehead atoms. The third-order valence-electron chi connectivity index (χ3n) is 3.46. The Labute approximate surface area is 103 Å². The summed E-state index contributed by atoms with van der Waals surface area (Å²) in [6.07, 6.45) is 0.937. The van der Waals surface area contributed by atoms with E-state index in [2.05, 4.69) is 11.4 Å². The second kappa shape index (κ2) is 5.48. The van der Waals surface area contributed by atoms with Crippen LogP contribution in [0, 0.1) is 17.2 Å². The van der Waals surface area contributed by atoms with Crippen molar-refractivity contribution < 1.29 is 4.79 Å². The third kappa shape index (κ3) is 3.69. The van der Waals surface area contributed by atoms with Gasteiger partial charge in [0.1, 0.15) is 5.54 Å². The van der Waals surface area contributed by atoms with Crippen molar-refractivity contribution in [3.8, 4) is 6.07 Å². The molecule has 1 amide bonds. The number of rotatable bonds is 4. The molecule has 1 aliphatic rings. The highest BCUT2D eigenvalue weighted by atomic mass is 16.2. The van der Waals surface area contributed by atoms with Gasteiger partial charge >= 0.3 is 0 Å². The van der Waals surface area contributed by atoms with E-state index < -0.39 is 5.54 Å². The van der Waals surface area contributed by atoms with Gasteiger partial charge in [0.05, 0.1) is 12.6 Å². The first kappa shape index (κ1) is 13.9. The van der Waals surface area contributed by atoms with E-state index in [0.29, 0.717) is 6.54 Å². The average Bonchev–Trinajstić information content (AvgIpc) is 2.63. The molecule has 1 saturated heterocycles. The normalized spacial score (nSPS) is 24.4. The Kier molecular flexibility index (Phi) is 4.49. The summed E-state index contributed by atoms with van der Waals surface area (Å²) in [7, 11) is 0. The van der Waals surface area contributed by atoms with Crippen molar-refractivity contribution in [2.24, 2.45) is 11.7 Å². The van der Waals surface area contributed by atoms with Crippen molar-refractivity contribution in [3.05, 3.63) is 0 Å². The molecule has 5 nitrogen and oxygen atoms in total. The number of nitriles is 1. The molecule has 5 heteroatoms. The molecule has 0 aromatic carbocycles. The van der Waals surface area contributed by atoms with E-state index in [1.807, 2.05) is 18.7 Å². The van der Waals surface area contributed by atoms with Gasteiger partial charge in [-0.05, 0) is 19.3 Å². The predicted octanol–water partition coefficient (Wildman–Crippen LogP) is 0.0739. The monoisotopic (exact) mass is 238 g/mol. The first-order valence-corrected chi connectivity index (χ1v) is 6.07. The van der Waals surface area contributed by atoms with Gasteiger partial charge in [-0.25, -0.2) is 0 Å². The Bertz CT molecular complexity index is 323. The topological polar surface area (TPSA) is 82.2 Å². The first-order valence-electron chi connectivity index (χ1n) is 6.07. The van der Waals surface area contributed by atoms with Gasteiger partial charge in [-0.15, -0.1) is 0 Å². The molecule has 1 unspecified atom stereocenters. The zero-order valence-corrected chi connectivity index (χ0v) is 10.9. The number of likely N-dealkylation sites (tertiary alicyclic amines) is 1. The molecule has 0 spiro atoms. The van der Waals surface area contributed by atoms with Gasteiger partial charge in [0.25, 0.3) is 0 Å². The van der Waals surface area contributed by atoms with Crippen LogP contribution in [-0.2, 0) is 4.79 Å². The standard InChI is InChI=1S/C12H22N4O/c1-9(2)12(3,8-13)15-11(17)7-16-5-4-10(14)6-16/h9-10H,4-7,14H2,1-3H3,(H,15,17)/t10-,12?/m0/s1. The van der Waals surface area contributed by atoms with Crippen LogP contribution in [0.25, 0.3) is 0 Å². The highest BCUT2D eigenvalue weighted by Crippen LogP contribution is 2.15. The van der Waals surface area contributed by atoms with Gasteiger partial charge in [0.15, 0.2) is 0 Å². The summed E-state index contributed by atoms with van der Waals surface area (Å²) < 4.78 is 0. The smallest absolute Gasteiger partial charge is 0.235 e. The summed E-state index contributed by atoms with van der Waals surface area (Å²) in [4.78, 5) is 13.9. The molecule has 2 atom stereocenters. The van der Waals surface area contributed by atoms with Gasteiger partial charge in [-0.1, -0.05) is 13.8 Å². The quantitative estimate of drug-likeness (QED) is 0.726. The van der Waals surface area contributed by atoms with Crippen LogP contribution in [0.5, 0.6) is 0 Å². The van der Waals surface area contributed by atoms with Crippen molar-refractivity contribution in [3.63, 3.8) is 0 Å². The molecule has 96 valence electrons. The zero-order chi connectivity index (χ0) is 13.1. The number of nitrogens with zero attached hydrogens (tertiary/aromatic N) is 2. The number of hydrogen-bond acceptors (Lipinski definition) is 4. The summed E-state index contributed by atoms with van der Waals surface area (Å²) in [5.41, 5.74) is 4.98. The molecule has 1 rings (SSSR count). The van der Waals surface area contributed by atoms with Crippen LogP contribution in [0.1, 0.15) is 27.2 Å². The van der Waals surface area contributed by atoms with E-state index >= 15 is 0 Å². The number of carbonyl (C=O) groups is 1. The van der Waals surface area contributed by atoms with E-state index in [0.717, 1.165) is 19.5 Å². The lowest BCUT2D eigenvalue weighted by atomic mass is 9.90. The fraction of sp³-hybridized carbons (Fsp3) is 0.833. The molecule has 0 aromatic heterocycles. The maximum atomic E-state index is 11.8. The van der Waals surface area contributed by atoms with E-state index in [-0.39, 0.29) is 17.9 Å². The van der Waals surface area contributed by atoms with Crippen LogP contribution in [0.4, 0.5) is 0 Å². The minimum atomic E-state index is -0.793. The van der Waals surface area contributed by atoms with E-state index in [1.54, 1.807) is 6.92 Å². The number of amides is 1. The molecule has 0 saturated carbocycles. The fourth-order valence-electron chi connectivity index (χ4n) is 1.84. The summed E-state index contributed by atoms with van der Waals surface area (Å²) >= 11 is 0. The Morgan fingerprint density at radius 1 is 1.71 bits per heavy atom. The van der Waals surface area contributed by atoms with Crippen molar-refractivity contribution in [2.75, 3.05) is 19.6 Å². The van der Waals surface area contributed by atoms with Crippen LogP contribution in [0.15, 0.2) is 0 Å². The largest absolute Gasteiger partial charge is 0.337 e. The predicted molar refractivity (Wildman–Crippen MR) is 66.0 cm³/mol. The SMILES string of the molecule is CC(C)C(C)(C#N)NC(=O)CN1CC[C@H](N)C1. The van der Waals surface area contributed by atoms with Crippen molar-refractivity contribution >= 4 is 5.91 Å². The minimum Gasteiger partial charge on any atom is -0.337 e. The van der Waals surface area contributed by atoms with E-state index in [9.17, 15) is 4.79 Å². The maximum Gasteiger partial charge on any atom is 0.235 e. The molecular weight excluding hydrogens is 216 g/mol. The van der Waals surface area contributed by atoms with Gasteiger partial charge in [-0.3, -0.25) is 9.69 Å². The average molecular weight is 238 g/mol. The van der Waals surface area contributed by atoms with Gasteiger partial charge in [-0.2, -0.15) is 5.26 Å². The Morgan fingerprint density at radius 2 is 2.35 bits per heavy atom. The van der Waals surface area contributed by atoms with Crippen LogP contribution in [-0.4, -0.2) is 42.0 Å². The Morgan fingerprint density at radius 3 is 2.76 bits per heavy atom. The summed E-state index contributed by atoms with van der Waals surface area (Å²) in [6, 6.07) is 2.34. The number of hydrogen-bond donors (Lipinski definition) is 2. The number of nitrogens with one attached hydrogen (secondary N) is 1. The van der Waals surface area contributed by atoms with Gasteiger partial charge in [0, 0.05) is 19.1 Å². The molecule has 3 N–H and O–H groups in total. The molecule has 17 heavy (non-hydrogen) atoms. The van der Waals surface area contributed by atoms with Crippen LogP contribution >= 0.6 is 0 Å². The summed E-state index contributed by atoms with van der Waals surface area (Å²) in [6.45, 7) is 7.56. The van der Waals surface area contributed by atoms with Crippen molar-refractivity contribution in [2.45, 2.75) is 38.8 Å². The molecule has 1 aliphatic heterocycles. The van der Waals surface area contributed by atoms with Crippen LogP contribution < -0.4 is 11.1 Å². The lowest BCUT2D eigenvalue weighted by Gasteiger charge is -2.28. The summed E-state index contributed by atoms with van der Waals surface area (Å²) in [5.74, 6) is -0.0193. The third-order valence-corrected chi connectivity index (χ3v) is 3.46. The Balaban J connectivity index is 2.47. The molecular formula is C12H22N4O. The molecule has 0 radical (unpaired) electrons. The first-order chi connectivity index (χ1) is 7.87. The molecule has 1 fully saturated rings. The van der Waals surface area contributed by atoms with Crippen LogP contribution in [0.2, 0.25) is 0 Å². The molecule has 1 heterocycles. The molecule has 0 aromatic rings. The highest BCUT2D eigenvalue weighted by molar-refractivity contribution is 5.79.